The summed E-state index contributed by atoms with van der Waals surface area (Å²) in [6, 6.07) is 0. The second kappa shape index (κ2) is 27.2. The second-order valence-electron chi connectivity index (χ2n) is 21.3. The van der Waals surface area contributed by atoms with Gasteiger partial charge in [0.15, 0.2) is 12.6 Å². The lowest BCUT2D eigenvalue weighted by atomic mass is 9.96. The molecule has 7 heterocycles. The van der Waals surface area contributed by atoms with Gasteiger partial charge in [0.2, 0.25) is 0 Å². The normalized spacial score (nSPS) is 13.3. The number of carbonyl (C=O) groups excluding carboxylic acids is 2. The Kier molecular flexibility index (Phi) is 20.9. The van der Waals surface area contributed by atoms with Crippen LogP contribution < -0.4 is 0 Å². The van der Waals surface area contributed by atoms with Crippen LogP contribution >= 0.6 is 57.1 Å². The SMILES string of the molecule is CCCCCCCCCCCc1c(C=O)sc2c1sc1c3c4nsnc4c4c5sc6c(CCCCCCCCCCC)c(C=O)sc6c5n(CCC(CC)CCCC)c4c3n(CCC(CC)CCCC)c21. The number of hydrogen-bond donors (Lipinski definition) is 0. The molecule has 388 valence electrons. The summed E-state index contributed by atoms with van der Waals surface area (Å²) >= 11 is 8.72. The Bertz CT molecular complexity index is 2750. The number of aromatic nitrogens is 4. The van der Waals surface area contributed by atoms with Crippen molar-refractivity contribution in [3.63, 3.8) is 0 Å². The van der Waals surface area contributed by atoms with Crippen LogP contribution in [0, 0.1) is 11.8 Å². The Hall–Kier alpha value is -2.70. The number of aldehydes is 2. The van der Waals surface area contributed by atoms with Gasteiger partial charge in [0.1, 0.15) is 11.0 Å². The first-order valence-corrected chi connectivity index (χ1v) is 32.9. The Morgan fingerprint density at radius 1 is 0.408 bits per heavy atom. The summed E-state index contributed by atoms with van der Waals surface area (Å²) in [4.78, 5) is 27.9. The number of nitrogens with zero attached hydrogens (tertiary/aromatic N) is 4. The van der Waals surface area contributed by atoms with Gasteiger partial charge in [-0.3, -0.25) is 9.59 Å². The fourth-order valence-corrected chi connectivity index (χ4v) is 18.2. The zero-order chi connectivity index (χ0) is 49.7. The third kappa shape index (κ3) is 11.9. The smallest absolute Gasteiger partial charge is 0.160 e. The molecule has 0 radical (unpaired) electrons. The summed E-state index contributed by atoms with van der Waals surface area (Å²) in [5.74, 6) is 1.31. The number of aryl methyl sites for hydroxylation is 4. The minimum Gasteiger partial charge on any atom is -0.337 e. The average Bonchev–Trinajstić information content (AvgIpc) is 4.26. The molecule has 0 saturated heterocycles. The first kappa shape index (κ1) is 54.6. The zero-order valence-electron chi connectivity index (χ0n) is 44.6. The molecule has 0 N–H and O–H groups in total. The van der Waals surface area contributed by atoms with E-state index in [4.69, 9.17) is 8.75 Å². The van der Waals surface area contributed by atoms with Crippen molar-refractivity contribution in [3.05, 3.63) is 20.9 Å². The van der Waals surface area contributed by atoms with Crippen LogP contribution in [-0.4, -0.2) is 30.5 Å². The monoisotopic (exact) mass is 1050 g/mol. The molecule has 7 aromatic heterocycles. The van der Waals surface area contributed by atoms with Gasteiger partial charge >= 0.3 is 0 Å². The van der Waals surface area contributed by atoms with E-state index in [0.717, 1.165) is 85.0 Å². The average molecular weight is 1060 g/mol. The van der Waals surface area contributed by atoms with Crippen LogP contribution in [0.1, 0.15) is 252 Å². The molecule has 11 heteroatoms. The van der Waals surface area contributed by atoms with Gasteiger partial charge in [0.05, 0.1) is 71.7 Å². The van der Waals surface area contributed by atoms with Crippen molar-refractivity contribution in [1.29, 1.82) is 0 Å². The van der Waals surface area contributed by atoms with Gasteiger partial charge in [-0.15, -0.1) is 45.3 Å². The summed E-state index contributed by atoms with van der Waals surface area (Å²) in [6.45, 7) is 15.9. The van der Waals surface area contributed by atoms with Crippen molar-refractivity contribution >= 4 is 142 Å². The highest BCUT2D eigenvalue weighted by Gasteiger charge is 2.32. The molecule has 2 atom stereocenters. The molecule has 2 unspecified atom stereocenters. The third-order valence-electron chi connectivity index (χ3n) is 16.3. The Balaban J connectivity index is 1.29. The quantitative estimate of drug-likeness (QED) is 0.0290. The molecule has 0 aliphatic rings. The van der Waals surface area contributed by atoms with Gasteiger partial charge in [0, 0.05) is 23.9 Å². The highest BCUT2D eigenvalue weighted by Crippen LogP contribution is 2.54. The molecule has 8 aromatic rings. The number of unbranched alkanes of at least 4 members (excludes halogenated alkanes) is 18. The zero-order valence-corrected chi connectivity index (χ0v) is 48.7. The molecular formula is C60H86N4O2S5. The molecule has 0 aliphatic heterocycles. The molecule has 0 saturated carbocycles. The van der Waals surface area contributed by atoms with Gasteiger partial charge in [-0.2, -0.15) is 8.75 Å². The van der Waals surface area contributed by atoms with Crippen molar-refractivity contribution < 1.29 is 9.59 Å². The Morgan fingerprint density at radius 2 is 0.775 bits per heavy atom. The number of fused-ring (bicyclic) bond motifs is 14. The summed E-state index contributed by atoms with van der Waals surface area (Å²) in [5, 5.41) is 2.53. The third-order valence-corrected chi connectivity index (χ3v) is 22.0. The van der Waals surface area contributed by atoms with Crippen molar-refractivity contribution in [1.82, 2.24) is 17.9 Å². The van der Waals surface area contributed by atoms with Crippen LogP contribution in [0.4, 0.5) is 0 Å². The lowest BCUT2D eigenvalue weighted by Crippen LogP contribution is -2.08. The first-order valence-electron chi connectivity index (χ1n) is 28.9. The van der Waals surface area contributed by atoms with Crippen molar-refractivity contribution in [3.8, 4) is 0 Å². The maximum Gasteiger partial charge on any atom is 0.160 e. The van der Waals surface area contributed by atoms with E-state index < -0.39 is 0 Å². The molecule has 8 rings (SSSR count). The predicted octanol–water partition coefficient (Wildman–Crippen LogP) is 21.4. The fraction of sp³-hybridized carbons (Fsp3) is 0.667. The van der Waals surface area contributed by atoms with E-state index >= 15 is 0 Å². The molecule has 0 spiro atoms. The van der Waals surface area contributed by atoms with Gasteiger partial charge in [-0.25, -0.2) is 0 Å². The summed E-state index contributed by atoms with van der Waals surface area (Å²) in [7, 11) is 0. The van der Waals surface area contributed by atoms with Gasteiger partial charge in [-0.1, -0.05) is 196 Å². The van der Waals surface area contributed by atoms with E-state index in [1.807, 2.05) is 22.7 Å². The lowest BCUT2D eigenvalue weighted by Gasteiger charge is -2.18. The molecule has 0 amide bonds. The second-order valence-corrected chi connectivity index (χ2v) is 26.0. The standard InChI is InChI=1S/C60H86N4O2S5/c1-7-13-17-19-21-23-25-27-29-33-43-45(39-65)67-59-53-57(69-55(43)59)47-49-50(62-71-61-49)48-52(51(47)63(53)37-35-41(11-5)31-15-9-3)64(38-36-42(12-6)32-16-10-4)54-58(48)70-56-44(46(40-66)68-60(54)56)34-30-28-26-24-22-20-18-14-8-2/h39-42H,7-38H2,1-6H3. The van der Waals surface area contributed by atoms with Crippen LogP contribution in [0.5, 0.6) is 0 Å². The van der Waals surface area contributed by atoms with Gasteiger partial charge in [-0.05, 0) is 61.5 Å². The van der Waals surface area contributed by atoms with Crippen LogP contribution in [-0.2, 0) is 25.9 Å². The summed E-state index contributed by atoms with van der Waals surface area (Å²) < 4.78 is 23.9. The van der Waals surface area contributed by atoms with E-state index in [1.165, 1.54) is 238 Å². The number of benzene rings is 1. The fourth-order valence-electron chi connectivity index (χ4n) is 12.0. The van der Waals surface area contributed by atoms with Crippen LogP contribution in [0.15, 0.2) is 0 Å². The van der Waals surface area contributed by atoms with E-state index in [0.29, 0.717) is 11.8 Å². The van der Waals surface area contributed by atoms with E-state index in [-0.39, 0.29) is 0 Å². The Labute approximate surface area is 446 Å². The van der Waals surface area contributed by atoms with E-state index in [1.54, 1.807) is 22.7 Å². The van der Waals surface area contributed by atoms with E-state index in [9.17, 15) is 9.59 Å². The number of carbonyl (C=O) groups is 2. The summed E-state index contributed by atoms with van der Waals surface area (Å²) in [6.07, 6.45) is 39.8. The number of thiophene rings is 4. The van der Waals surface area contributed by atoms with Crippen molar-refractivity contribution in [2.45, 2.75) is 247 Å². The van der Waals surface area contributed by atoms with Crippen molar-refractivity contribution in [2.75, 3.05) is 0 Å². The van der Waals surface area contributed by atoms with Crippen molar-refractivity contribution in [2.24, 2.45) is 11.8 Å². The molecule has 1 aromatic carbocycles. The minimum absolute atomic E-state index is 0.656. The topological polar surface area (TPSA) is 69.8 Å². The first-order chi connectivity index (χ1) is 35.0. The summed E-state index contributed by atoms with van der Waals surface area (Å²) in [5.41, 5.74) is 9.89. The predicted molar refractivity (Wildman–Crippen MR) is 318 cm³/mol. The van der Waals surface area contributed by atoms with Crippen LogP contribution in [0.2, 0.25) is 0 Å². The lowest BCUT2D eigenvalue weighted by molar-refractivity contribution is 0.111. The van der Waals surface area contributed by atoms with Crippen LogP contribution in [0.25, 0.3) is 72.1 Å². The maximum absolute atomic E-state index is 13.0. The number of rotatable bonds is 36. The van der Waals surface area contributed by atoms with Crippen LogP contribution in [0.3, 0.4) is 0 Å². The highest BCUT2D eigenvalue weighted by atomic mass is 32.1. The number of hydrogen-bond acceptors (Lipinski definition) is 9. The molecule has 0 bridgehead atoms. The van der Waals surface area contributed by atoms with Gasteiger partial charge in [0.25, 0.3) is 0 Å². The molecule has 71 heavy (non-hydrogen) atoms. The molecule has 6 nitrogen and oxygen atoms in total. The minimum atomic E-state index is 0.656. The van der Waals surface area contributed by atoms with Gasteiger partial charge < -0.3 is 9.13 Å². The highest BCUT2D eigenvalue weighted by molar-refractivity contribution is 7.35. The molecule has 0 aliphatic carbocycles. The Morgan fingerprint density at radius 3 is 1.13 bits per heavy atom. The molecular weight excluding hydrogens is 969 g/mol. The largest absolute Gasteiger partial charge is 0.337 e. The van der Waals surface area contributed by atoms with E-state index in [2.05, 4.69) is 50.7 Å². The molecule has 0 fully saturated rings. The maximum atomic E-state index is 13.0.